The van der Waals surface area contributed by atoms with Gasteiger partial charge in [0.2, 0.25) is 0 Å². The summed E-state index contributed by atoms with van der Waals surface area (Å²) < 4.78 is 2.07. The van der Waals surface area contributed by atoms with Gasteiger partial charge in [-0.25, -0.2) is 0 Å². The number of fused-ring (bicyclic) bond motifs is 1. The van der Waals surface area contributed by atoms with Crippen molar-refractivity contribution in [3.8, 4) is 10.6 Å². The molecule has 0 radical (unpaired) electrons. The predicted octanol–water partition coefficient (Wildman–Crippen LogP) is 4.78. The highest BCUT2D eigenvalue weighted by Gasteiger charge is 2.36. The van der Waals surface area contributed by atoms with E-state index in [-0.39, 0.29) is 11.2 Å². The first-order chi connectivity index (χ1) is 9.43. The van der Waals surface area contributed by atoms with Crippen LogP contribution in [-0.2, 0) is 6.42 Å². The standard InChI is InChI=1S/C14H15BrN2OS2/c1-14(2)4-7-10(9(18)5-14)13(19-3)20-12(7)11-8(15)6-16-17-11/h6H,4-5H2,1-3H3,(H,16,17). The van der Waals surface area contributed by atoms with E-state index in [0.717, 1.165) is 31.2 Å². The molecule has 0 saturated carbocycles. The third-order valence-corrected chi connectivity index (χ3v) is 6.51. The summed E-state index contributed by atoms with van der Waals surface area (Å²) in [5.74, 6) is 0.273. The Balaban J connectivity index is 2.24. The number of thioether (sulfide) groups is 1. The van der Waals surface area contributed by atoms with E-state index in [0.29, 0.717) is 6.42 Å². The van der Waals surface area contributed by atoms with Crippen LogP contribution in [0.3, 0.4) is 0 Å². The minimum atomic E-state index is 0.0262. The van der Waals surface area contributed by atoms with Gasteiger partial charge < -0.3 is 0 Å². The summed E-state index contributed by atoms with van der Waals surface area (Å²) in [4.78, 5) is 13.6. The first kappa shape index (κ1) is 14.4. The second kappa shape index (κ2) is 5.00. The molecule has 0 bridgehead atoms. The van der Waals surface area contributed by atoms with Gasteiger partial charge in [0.05, 0.1) is 13.6 Å². The van der Waals surface area contributed by atoms with Crippen LogP contribution in [0.5, 0.6) is 0 Å². The molecule has 0 spiro atoms. The Morgan fingerprint density at radius 1 is 1.45 bits per heavy atom. The Morgan fingerprint density at radius 2 is 2.20 bits per heavy atom. The van der Waals surface area contributed by atoms with Crippen molar-refractivity contribution in [1.82, 2.24) is 10.2 Å². The minimum Gasteiger partial charge on any atom is -0.294 e. The van der Waals surface area contributed by atoms with Crippen LogP contribution in [0.4, 0.5) is 0 Å². The lowest BCUT2D eigenvalue weighted by atomic mass is 9.74. The third-order valence-electron chi connectivity index (χ3n) is 3.54. The van der Waals surface area contributed by atoms with Gasteiger partial charge in [0.1, 0.15) is 5.69 Å². The average molecular weight is 371 g/mol. The number of nitrogens with one attached hydrogen (secondary N) is 1. The maximum absolute atomic E-state index is 12.5. The lowest BCUT2D eigenvalue weighted by Crippen LogP contribution is -2.26. The molecule has 0 fully saturated rings. The van der Waals surface area contributed by atoms with Crippen LogP contribution in [0, 0.1) is 5.41 Å². The number of aromatic nitrogens is 2. The third kappa shape index (κ3) is 2.27. The molecular formula is C14H15BrN2OS2. The van der Waals surface area contributed by atoms with Crippen molar-refractivity contribution in [2.24, 2.45) is 5.41 Å². The molecule has 0 amide bonds. The molecular weight excluding hydrogens is 356 g/mol. The number of hydrogen-bond acceptors (Lipinski definition) is 4. The highest BCUT2D eigenvalue weighted by molar-refractivity contribution is 9.10. The zero-order valence-electron chi connectivity index (χ0n) is 11.5. The van der Waals surface area contributed by atoms with Crippen LogP contribution in [0.1, 0.15) is 36.2 Å². The quantitative estimate of drug-likeness (QED) is 0.773. The lowest BCUT2D eigenvalue weighted by molar-refractivity contribution is 0.0910. The SMILES string of the molecule is CSc1sc(-c2n[nH]cc2Br)c2c1C(=O)CC(C)(C)C2. The summed E-state index contributed by atoms with van der Waals surface area (Å²) in [6.45, 7) is 4.32. The summed E-state index contributed by atoms with van der Waals surface area (Å²) in [5.41, 5.74) is 3.05. The zero-order valence-corrected chi connectivity index (χ0v) is 14.8. The van der Waals surface area contributed by atoms with Gasteiger partial charge in [-0.15, -0.1) is 23.1 Å². The van der Waals surface area contributed by atoms with Crippen LogP contribution in [-0.4, -0.2) is 22.2 Å². The monoisotopic (exact) mass is 370 g/mol. The smallest absolute Gasteiger partial charge is 0.165 e. The second-order valence-electron chi connectivity index (χ2n) is 5.80. The van der Waals surface area contributed by atoms with Gasteiger partial charge in [-0.1, -0.05) is 13.8 Å². The van der Waals surface area contributed by atoms with Gasteiger partial charge in [-0.2, -0.15) is 5.10 Å². The van der Waals surface area contributed by atoms with E-state index in [4.69, 9.17) is 0 Å². The van der Waals surface area contributed by atoms with Crippen molar-refractivity contribution in [2.45, 2.75) is 30.9 Å². The maximum atomic E-state index is 12.5. The Labute approximate surface area is 134 Å². The van der Waals surface area contributed by atoms with E-state index in [2.05, 4.69) is 40.0 Å². The van der Waals surface area contributed by atoms with Gasteiger partial charge in [-0.3, -0.25) is 9.89 Å². The number of aromatic amines is 1. The molecule has 106 valence electrons. The van der Waals surface area contributed by atoms with Gasteiger partial charge >= 0.3 is 0 Å². The number of hydrogen-bond donors (Lipinski definition) is 1. The zero-order chi connectivity index (χ0) is 14.5. The molecule has 2 heterocycles. The van der Waals surface area contributed by atoms with E-state index < -0.39 is 0 Å². The molecule has 3 nitrogen and oxygen atoms in total. The first-order valence-electron chi connectivity index (χ1n) is 6.35. The van der Waals surface area contributed by atoms with Crippen molar-refractivity contribution < 1.29 is 4.79 Å². The number of Topliss-reactive ketones (excluding diaryl/α,β-unsaturated/α-hetero) is 1. The van der Waals surface area contributed by atoms with E-state index in [1.807, 2.05) is 12.5 Å². The topological polar surface area (TPSA) is 45.8 Å². The highest BCUT2D eigenvalue weighted by Crippen LogP contribution is 2.48. The number of thiophene rings is 1. The van der Waals surface area contributed by atoms with Gasteiger partial charge in [0.15, 0.2) is 5.78 Å². The highest BCUT2D eigenvalue weighted by atomic mass is 79.9. The number of ketones is 1. The Morgan fingerprint density at radius 3 is 2.80 bits per heavy atom. The molecule has 2 aromatic rings. The second-order valence-corrected chi connectivity index (χ2v) is 8.75. The summed E-state index contributed by atoms with van der Waals surface area (Å²) >= 11 is 6.86. The Kier molecular flexibility index (Phi) is 3.59. The Bertz CT molecular complexity index is 687. The molecule has 6 heteroatoms. The number of rotatable bonds is 2. The van der Waals surface area contributed by atoms with Crippen molar-refractivity contribution in [3.63, 3.8) is 0 Å². The lowest BCUT2D eigenvalue weighted by Gasteiger charge is -2.29. The van der Waals surface area contributed by atoms with E-state index in [9.17, 15) is 4.79 Å². The van der Waals surface area contributed by atoms with Gasteiger partial charge in [-0.05, 0) is 39.6 Å². The van der Waals surface area contributed by atoms with Gasteiger partial charge in [0.25, 0.3) is 0 Å². The van der Waals surface area contributed by atoms with Crippen LogP contribution >= 0.6 is 39.0 Å². The molecule has 1 aliphatic carbocycles. The van der Waals surface area contributed by atoms with Crippen LogP contribution in [0.15, 0.2) is 14.9 Å². The molecule has 1 N–H and O–H groups in total. The fraction of sp³-hybridized carbons (Fsp3) is 0.429. The summed E-state index contributed by atoms with van der Waals surface area (Å²) in [5, 5.41) is 7.21. The van der Waals surface area contributed by atoms with Crippen molar-refractivity contribution >= 4 is 44.8 Å². The normalized spacial score (nSPS) is 17.3. The summed E-state index contributed by atoms with van der Waals surface area (Å²) in [7, 11) is 0. The van der Waals surface area contributed by atoms with Crippen molar-refractivity contribution in [2.75, 3.05) is 6.26 Å². The van der Waals surface area contributed by atoms with Crippen LogP contribution in [0.25, 0.3) is 10.6 Å². The molecule has 0 unspecified atom stereocenters. The maximum Gasteiger partial charge on any atom is 0.165 e. The van der Waals surface area contributed by atoms with Crippen LogP contribution in [0.2, 0.25) is 0 Å². The molecule has 0 aromatic carbocycles. The molecule has 0 atom stereocenters. The molecule has 1 aliphatic rings. The molecule has 0 saturated heterocycles. The molecule has 20 heavy (non-hydrogen) atoms. The number of carbonyl (C=O) groups is 1. The van der Waals surface area contributed by atoms with Gasteiger partial charge in [0, 0.05) is 18.2 Å². The molecule has 0 aliphatic heterocycles. The molecule has 3 rings (SSSR count). The van der Waals surface area contributed by atoms with E-state index in [1.165, 1.54) is 5.56 Å². The predicted molar refractivity (Wildman–Crippen MR) is 87.8 cm³/mol. The fourth-order valence-electron chi connectivity index (χ4n) is 2.73. The van der Waals surface area contributed by atoms with E-state index >= 15 is 0 Å². The summed E-state index contributed by atoms with van der Waals surface area (Å²) in [6, 6.07) is 0. The van der Waals surface area contributed by atoms with Crippen molar-refractivity contribution in [1.29, 1.82) is 0 Å². The minimum absolute atomic E-state index is 0.0262. The summed E-state index contributed by atoms with van der Waals surface area (Å²) in [6.07, 6.45) is 5.42. The average Bonchev–Trinajstić information content (AvgIpc) is 2.91. The molecule has 2 aromatic heterocycles. The number of halogens is 1. The van der Waals surface area contributed by atoms with Crippen molar-refractivity contribution in [3.05, 3.63) is 21.8 Å². The number of carbonyl (C=O) groups excluding carboxylic acids is 1. The number of nitrogens with zero attached hydrogens (tertiary/aromatic N) is 1. The van der Waals surface area contributed by atoms with Crippen LogP contribution < -0.4 is 0 Å². The van der Waals surface area contributed by atoms with E-state index in [1.54, 1.807) is 23.1 Å². The first-order valence-corrected chi connectivity index (χ1v) is 9.19. The fourth-order valence-corrected chi connectivity index (χ4v) is 5.35. The Hall–Kier alpha value is -0.590. The largest absolute Gasteiger partial charge is 0.294 e. The number of H-pyrrole nitrogens is 1.